The Morgan fingerprint density at radius 1 is 1.32 bits per heavy atom. The first-order valence-corrected chi connectivity index (χ1v) is 7.93. The van der Waals surface area contributed by atoms with Crippen LogP contribution in [-0.2, 0) is 0 Å². The van der Waals surface area contributed by atoms with Gasteiger partial charge < -0.3 is 10.3 Å². The number of aromatic nitrogens is 2. The zero-order chi connectivity index (χ0) is 18.0. The van der Waals surface area contributed by atoms with E-state index in [1.165, 1.54) is 10.9 Å². The van der Waals surface area contributed by atoms with Gasteiger partial charge in [-0.15, -0.1) is 0 Å². The fourth-order valence-electron chi connectivity index (χ4n) is 3.12. The van der Waals surface area contributed by atoms with Crippen LogP contribution >= 0.6 is 0 Å². The number of urea groups is 1. The normalized spacial score (nSPS) is 11.3. The molecule has 25 heavy (non-hydrogen) atoms. The highest BCUT2D eigenvalue weighted by molar-refractivity contribution is 5.95. The number of amides is 2. The van der Waals surface area contributed by atoms with Crippen LogP contribution < -0.4 is 5.73 Å². The summed E-state index contributed by atoms with van der Waals surface area (Å²) >= 11 is 0. The Balaban J connectivity index is 2.17. The molecule has 3 aromatic rings. The van der Waals surface area contributed by atoms with Gasteiger partial charge in [-0.1, -0.05) is 12.1 Å². The number of fused-ring (bicyclic) bond motifs is 1. The predicted octanol–water partition coefficient (Wildman–Crippen LogP) is 3.56. The van der Waals surface area contributed by atoms with Crippen LogP contribution in [0.15, 0.2) is 48.8 Å². The second-order valence-electron chi connectivity index (χ2n) is 5.86. The van der Waals surface area contributed by atoms with Crippen molar-refractivity contribution in [1.82, 2.24) is 14.6 Å². The van der Waals surface area contributed by atoms with E-state index >= 15 is 0 Å². The van der Waals surface area contributed by atoms with Gasteiger partial charge >= 0.3 is 6.03 Å². The molecule has 6 heteroatoms. The first kappa shape index (κ1) is 16.7. The van der Waals surface area contributed by atoms with Crippen molar-refractivity contribution < 1.29 is 10.0 Å². The molecular formula is C19H20N4O2. The maximum absolute atomic E-state index is 10.9. The number of carbonyl (C=O) groups excluding carboxylic acids is 1. The van der Waals surface area contributed by atoms with Crippen LogP contribution in [0.3, 0.4) is 0 Å². The zero-order valence-corrected chi connectivity index (χ0v) is 14.2. The number of hydrogen-bond acceptors (Lipinski definition) is 3. The fourth-order valence-corrected chi connectivity index (χ4v) is 3.12. The van der Waals surface area contributed by atoms with E-state index in [2.05, 4.69) is 24.9 Å². The van der Waals surface area contributed by atoms with Crippen molar-refractivity contribution >= 4 is 23.1 Å². The van der Waals surface area contributed by atoms with Gasteiger partial charge in [-0.2, -0.15) is 0 Å². The molecule has 0 aliphatic rings. The summed E-state index contributed by atoms with van der Waals surface area (Å²) in [4.78, 5) is 15.2. The van der Waals surface area contributed by atoms with Gasteiger partial charge in [0, 0.05) is 29.5 Å². The van der Waals surface area contributed by atoms with Gasteiger partial charge in [-0.25, -0.2) is 9.86 Å². The molecule has 0 unspecified atom stereocenters. The lowest BCUT2D eigenvalue weighted by atomic mass is 10.0. The molecule has 0 saturated heterocycles. The zero-order valence-electron chi connectivity index (χ0n) is 14.2. The van der Waals surface area contributed by atoms with Crippen molar-refractivity contribution in [1.29, 1.82) is 0 Å². The number of hydrogen-bond donors (Lipinski definition) is 2. The molecule has 6 nitrogen and oxygen atoms in total. The number of nitrogens with two attached hydrogens (primary N) is 1. The standard InChI is InChI=1S/C19H20N4O2/c1-13-6-3-8-16-17(13)14(2)18(15-7-4-9-21-12-15)22(16)10-5-11-23(25)19(20)24/h3-10,12,25H,11H2,1-2H3,(H2,20,24)/b10-5+. The van der Waals surface area contributed by atoms with Crippen LogP contribution in [0.2, 0.25) is 0 Å². The van der Waals surface area contributed by atoms with Crippen molar-refractivity contribution in [2.45, 2.75) is 13.8 Å². The predicted molar refractivity (Wildman–Crippen MR) is 98.0 cm³/mol. The third kappa shape index (κ3) is 3.12. The van der Waals surface area contributed by atoms with Gasteiger partial charge in [-0.3, -0.25) is 10.2 Å². The van der Waals surface area contributed by atoms with Gasteiger partial charge in [0.15, 0.2) is 0 Å². The molecule has 2 amide bonds. The van der Waals surface area contributed by atoms with Gasteiger partial charge in [0.1, 0.15) is 0 Å². The van der Waals surface area contributed by atoms with Crippen molar-refractivity contribution in [2.24, 2.45) is 5.73 Å². The van der Waals surface area contributed by atoms with Crippen LogP contribution in [0.5, 0.6) is 0 Å². The maximum atomic E-state index is 10.9. The Hall–Kier alpha value is -3.12. The number of rotatable bonds is 4. The number of nitrogens with zero attached hydrogens (tertiary/aromatic N) is 3. The van der Waals surface area contributed by atoms with E-state index in [1.807, 2.05) is 41.2 Å². The van der Waals surface area contributed by atoms with Crippen LogP contribution in [0.1, 0.15) is 11.1 Å². The van der Waals surface area contributed by atoms with E-state index in [0.717, 1.165) is 22.3 Å². The van der Waals surface area contributed by atoms with Crippen molar-refractivity contribution in [3.05, 3.63) is 59.9 Å². The lowest BCUT2D eigenvalue weighted by Gasteiger charge is -2.10. The van der Waals surface area contributed by atoms with Crippen LogP contribution in [0.25, 0.3) is 28.4 Å². The molecule has 3 N–H and O–H groups in total. The second-order valence-corrected chi connectivity index (χ2v) is 5.86. The van der Waals surface area contributed by atoms with Crippen LogP contribution in [-0.4, -0.2) is 32.4 Å². The lowest BCUT2D eigenvalue weighted by Crippen LogP contribution is -2.32. The van der Waals surface area contributed by atoms with Crippen molar-refractivity contribution in [3.63, 3.8) is 0 Å². The third-order valence-corrected chi connectivity index (χ3v) is 4.20. The summed E-state index contributed by atoms with van der Waals surface area (Å²) in [6, 6.07) is 9.16. The Kier molecular flexibility index (Phi) is 4.54. The van der Waals surface area contributed by atoms with Gasteiger partial charge in [0.05, 0.1) is 17.8 Å². The lowest BCUT2D eigenvalue weighted by molar-refractivity contribution is -0.0286. The number of aryl methyl sites for hydroxylation is 2. The van der Waals surface area contributed by atoms with Crippen LogP contribution in [0, 0.1) is 13.8 Å². The summed E-state index contributed by atoms with van der Waals surface area (Å²) in [6.07, 6.45) is 7.08. The van der Waals surface area contributed by atoms with Crippen LogP contribution in [0.4, 0.5) is 4.79 Å². The average molecular weight is 336 g/mol. The number of benzene rings is 1. The average Bonchev–Trinajstić information content (AvgIpc) is 2.89. The minimum atomic E-state index is -0.887. The number of pyridine rings is 1. The van der Waals surface area contributed by atoms with Gasteiger partial charge in [0.25, 0.3) is 0 Å². The summed E-state index contributed by atoms with van der Waals surface area (Å²) in [5, 5.41) is 11.1. The number of primary amides is 1. The summed E-state index contributed by atoms with van der Waals surface area (Å²) in [7, 11) is 0. The first-order chi connectivity index (χ1) is 12.0. The monoisotopic (exact) mass is 336 g/mol. The molecule has 0 spiro atoms. The molecule has 0 fully saturated rings. The number of hydroxylamine groups is 2. The Morgan fingerprint density at radius 2 is 2.12 bits per heavy atom. The largest absolute Gasteiger partial charge is 0.350 e. The molecule has 0 atom stereocenters. The third-order valence-electron chi connectivity index (χ3n) is 4.20. The highest BCUT2D eigenvalue weighted by Gasteiger charge is 2.16. The first-order valence-electron chi connectivity index (χ1n) is 7.93. The summed E-state index contributed by atoms with van der Waals surface area (Å²) < 4.78 is 2.05. The maximum Gasteiger partial charge on any atom is 0.338 e. The fraction of sp³-hybridized carbons (Fsp3) is 0.158. The van der Waals surface area contributed by atoms with E-state index in [4.69, 9.17) is 5.73 Å². The van der Waals surface area contributed by atoms with E-state index in [1.54, 1.807) is 12.3 Å². The Bertz CT molecular complexity index is 945. The molecule has 0 bridgehead atoms. The quantitative estimate of drug-likeness (QED) is 0.564. The SMILES string of the molecule is Cc1cccc2c1c(C)c(-c1cccnc1)n2/C=C/CN(O)C(N)=O. The minimum absolute atomic E-state index is 0.00630. The van der Waals surface area contributed by atoms with Crippen molar-refractivity contribution in [2.75, 3.05) is 6.54 Å². The molecule has 2 aromatic heterocycles. The smallest absolute Gasteiger partial charge is 0.338 e. The Morgan fingerprint density at radius 3 is 2.80 bits per heavy atom. The highest BCUT2D eigenvalue weighted by Crippen LogP contribution is 2.34. The Labute approximate surface area is 145 Å². The molecule has 0 saturated carbocycles. The molecule has 3 rings (SSSR count). The van der Waals surface area contributed by atoms with Crippen molar-refractivity contribution in [3.8, 4) is 11.3 Å². The van der Waals surface area contributed by atoms with Gasteiger partial charge in [-0.05, 0) is 49.2 Å². The minimum Gasteiger partial charge on any atom is -0.350 e. The molecule has 0 aliphatic heterocycles. The summed E-state index contributed by atoms with van der Waals surface area (Å²) in [5.41, 5.74) is 10.5. The van der Waals surface area contributed by atoms with E-state index in [-0.39, 0.29) is 6.54 Å². The van der Waals surface area contributed by atoms with Gasteiger partial charge in [0.2, 0.25) is 0 Å². The van der Waals surface area contributed by atoms with E-state index in [9.17, 15) is 10.0 Å². The molecule has 1 aromatic carbocycles. The summed E-state index contributed by atoms with van der Waals surface area (Å²) in [6.45, 7) is 4.18. The molecule has 0 radical (unpaired) electrons. The summed E-state index contributed by atoms with van der Waals surface area (Å²) in [5.74, 6) is 0. The molecule has 2 heterocycles. The number of carbonyl (C=O) groups is 1. The molecule has 128 valence electrons. The topological polar surface area (TPSA) is 84.4 Å². The highest BCUT2D eigenvalue weighted by atomic mass is 16.5. The van der Waals surface area contributed by atoms with E-state index < -0.39 is 6.03 Å². The molecular weight excluding hydrogens is 316 g/mol. The molecule has 0 aliphatic carbocycles. The van der Waals surface area contributed by atoms with E-state index in [0.29, 0.717) is 5.06 Å². The second kappa shape index (κ2) is 6.78.